The third kappa shape index (κ3) is 3.27. The highest BCUT2D eigenvalue weighted by atomic mass is 16.5. The van der Waals surface area contributed by atoms with E-state index in [1.54, 1.807) is 0 Å². The molecule has 1 amide bonds. The van der Waals surface area contributed by atoms with Crippen LogP contribution in [0.3, 0.4) is 0 Å². The first-order valence-electron chi connectivity index (χ1n) is 7.31. The van der Waals surface area contributed by atoms with Gasteiger partial charge in [-0.05, 0) is 32.1 Å². The molecule has 0 aromatic rings. The van der Waals surface area contributed by atoms with Crippen LogP contribution in [-0.4, -0.2) is 53.9 Å². The molecule has 1 aliphatic heterocycles. The fourth-order valence-electron chi connectivity index (χ4n) is 3.25. The van der Waals surface area contributed by atoms with E-state index >= 15 is 0 Å². The monoisotopic (exact) mass is 270 g/mol. The molecule has 1 saturated heterocycles. The molecule has 19 heavy (non-hydrogen) atoms. The minimum absolute atomic E-state index is 0.0262. The second-order valence-corrected chi connectivity index (χ2v) is 6.13. The second-order valence-electron chi connectivity index (χ2n) is 6.13. The van der Waals surface area contributed by atoms with Gasteiger partial charge in [-0.1, -0.05) is 6.92 Å². The molecule has 0 bridgehead atoms. The molecule has 2 fully saturated rings. The van der Waals surface area contributed by atoms with Crippen LogP contribution in [-0.2, 0) is 9.53 Å². The SMILES string of the molecule is CC1CC(N)CCC1C(=O)N1CC(CO)OCC1C. The molecular weight excluding hydrogens is 244 g/mol. The van der Waals surface area contributed by atoms with Gasteiger partial charge in [0.15, 0.2) is 0 Å². The lowest BCUT2D eigenvalue weighted by Gasteiger charge is -2.41. The van der Waals surface area contributed by atoms with Gasteiger partial charge in [0, 0.05) is 18.5 Å². The third-order valence-corrected chi connectivity index (χ3v) is 4.52. The molecule has 0 aromatic carbocycles. The van der Waals surface area contributed by atoms with Crippen molar-refractivity contribution >= 4 is 5.91 Å². The van der Waals surface area contributed by atoms with Gasteiger partial charge in [0.1, 0.15) is 0 Å². The summed E-state index contributed by atoms with van der Waals surface area (Å²) in [4.78, 5) is 14.6. The summed E-state index contributed by atoms with van der Waals surface area (Å²) >= 11 is 0. The number of morpholine rings is 1. The summed E-state index contributed by atoms with van der Waals surface area (Å²) in [5.74, 6) is 0.646. The lowest BCUT2D eigenvalue weighted by Crippen LogP contribution is -2.55. The lowest BCUT2D eigenvalue weighted by atomic mass is 9.77. The summed E-state index contributed by atoms with van der Waals surface area (Å²) in [6.07, 6.45) is 2.51. The summed E-state index contributed by atoms with van der Waals surface area (Å²) in [6, 6.07) is 0.337. The van der Waals surface area contributed by atoms with E-state index in [9.17, 15) is 9.90 Å². The van der Waals surface area contributed by atoms with Crippen molar-refractivity contribution in [3.05, 3.63) is 0 Å². The first kappa shape index (κ1) is 14.8. The number of carbonyl (C=O) groups excluding carboxylic acids is 1. The fourth-order valence-corrected chi connectivity index (χ4v) is 3.25. The largest absolute Gasteiger partial charge is 0.394 e. The molecule has 3 N–H and O–H groups in total. The van der Waals surface area contributed by atoms with E-state index in [0.29, 0.717) is 19.1 Å². The molecule has 5 nitrogen and oxygen atoms in total. The van der Waals surface area contributed by atoms with E-state index < -0.39 is 0 Å². The molecule has 2 aliphatic rings. The van der Waals surface area contributed by atoms with Crippen LogP contribution < -0.4 is 5.73 Å². The number of nitrogens with two attached hydrogens (primary N) is 1. The Bertz CT molecular complexity index is 324. The lowest BCUT2D eigenvalue weighted by molar-refractivity contribution is -0.153. The van der Waals surface area contributed by atoms with Crippen molar-refractivity contribution < 1.29 is 14.6 Å². The van der Waals surface area contributed by atoms with Gasteiger partial charge in [-0.3, -0.25) is 4.79 Å². The smallest absolute Gasteiger partial charge is 0.226 e. The Morgan fingerprint density at radius 3 is 2.79 bits per heavy atom. The van der Waals surface area contributed by atoms with Crippen molar-refractivity contribution in [3.8, 4) is 0 Å². The average molecular weight is 270 g/mol. The molecule has 5 atom stereocenters. The molecule has 1 heterocycles. The number of ether oxygens (including phenoxy) is 1. The number of hydrogen-bond acceptors (Lipinski definition) is 4. The van der Waals surface area contributed by atoms with Gasteiger partial charge in [-0.25, -0.2) is 0 Å². The Kier molecular flexibility index (Phi) is 4.81. The van der Waals surface area contributed by atoms with Crippen LogP contribution in [0, 0.1) is 11.8 Å². The van der Waals surface area contributed by atoms with Gasteiger partial charge in [-0.2, -0.15) is 0 Å². The maximum Gasteiger partial charge on any atom is 0.226 e. The minimum atomic E-state index is -0.235. The van der Waals surface area contributed by atoms with Crippen LogP contribution in [0.25, 0.3) is 0 Å². The number of nitrogens with zero attached hydrogens (tertiary/aromatic N) is 1. The Hall–Kier alpha value is -0.650. The summed E-state index contributed by atoms with van der Waals surface area (Å²) in [5, 5.41) is 9.19. The zero-order valence-electron chi connectivity index (χ0n) is 11.9. The Morgan fingerprint density at radius 1 is 1.42 bits per heavy atom. The first-order valence-corrected chi connectivity index (χ1v) is 7.31. The summed E-state index contributed by atoms with van der Waals surface area (Å²) in [5.41, 5.74) is 5.96. The Balaban J connectivity index is 2.01. The highest BCUT2D eigenvalue weighted by Crippen LogP contribution is 2.31. The number of hydrogen-bond donors (Lipinski definition) is 2. The van der Waals surface area contributed by atoms with Gasteiger partial charge in [0.2, 0.25) is 5.91 Å². The quantitative estimate of drug-likeness (QED) is 0.759. The van der Waals surface area contributed by atoms with E-state index in [4.69, 9.17) is 10.5 Å². The summed E-state index contributed by atoms with van der Waals surface area (Å²) in [6.45, 7) is 5.12. The number of aliphatic hydroxyl groups excluding tert-OH is 1. The van der Waals surface area contributed by atoms with E-state index in [-0.39, 0.29) is 36.6 Å². The standard InChI is InChI=1S/C14H26N2O3/c1-9-5-11(15)3-4-13(9)14(18)16-6-12(7-17)19-8-10(16)2/h9-13,17H,3-8,15H2,1-2H3. The molecule has 110 valence electrons. The first-order chi connectivity index (χ1) is 9.02. The van der Waals surface area contributed by atoms with Crippen molar-refractivity contribution in [1.29, 1.82) is 0 Å². The second kappa shape index (κ2) is 6.20. The van der Waals surface area contributed by atoms with Crippen molar-refractivity contribution in [3.63, 3.8) is 0 Å². The zero-order valence-corrected chi connectivity index (χ0v) is 11.9. The minimum Gasteiger partial charge on any atom is -0.394 e. The average Bonchev–Trinajstić information content (AvgIpc) is 2.38. The molecule has 1 aliphatic carbocycles. The predicted molar refractivity (Wildman–Crippen MR) is 72.5 cm³/mol. The molecule has 5 unspecified atom stereocenters. The molecule has 0 spiro atoms. The number of aliphatic hydroxyl groups is 1. The predicted octanol–water partition coefficient (Wildman–Crippen LogP) is 0.358. The van der Waals surface area contributed by atoms with Crippen molar-refractivity contribution in [2.45, 2.75) is 51.3 Å². The van der Waals surface area contributed by atoms with Gasteiger partial charge >= 0.3 is 0 Å². The number of carbonyl (C=O) groups is 1. The van der Waals surface area contributed by atoms with E-state index in [2.05, 4.69) is 6.92 Å². The molecule has 2 rings (SSSR count). The highest BCUT2D eigenvalue weighted by molar-refractivity contribution is 5.79. The summed E-state index contributed by atoms with van der Waals surface area (Å²) < 4.78 is 5.49. The number of amides is 1. The van der Waals surface area contributed by atoms with Crippen molar-refractivity contribution in [1.82, 2.24) is 4.90 Å². The van der Waals surface area contributed by atoms with Crippen LogP contribution in [0.2, 0.25) is 0 Å². The molecular formula is C14H26N2O3. The van der Waals surface area contributed by atoms with Crippen LogP contribution >= 0.6 is 0 Å². The van der Waals surface area contributed by atoms with Crippen molar-refractivity contribution in [2.24, 2.45) is 17.6 Å². The van der Waals surface area contributed by atoms with E-state index in [1.807, 2.05) is 11.8 Å². The van der Waals surface area contributed by atoms with Crippen LogP contribution in [0.4, 0.5) is 0 Å². The molecule has 0 radical (unpaired) electrons. The fraction of sp³-hybridized carbons (Fsp3) is 0.929. The van der Waals surface area contributed by atoms with Crippen LogP contribution in [0.5, 0.6) is 0 Å². The highest BCUT2D eigenvalue weighted by Gasteiger charge is 2.37. The zero-order chi connectivity index (χ0) is 14.0. The van der Waals surface area contributed by atoms with Gasteiger partial charge in [0.25, 0.3) is 0 Å². The van der Waals surface area contributed by atoms with Gasteiger partial charge in [-0.15, -0.1) is 0 Å². The molecule has 5 heteroatoms. The Labute approximate surface area is 115 Å². The van der Waals surface area contributed by atoms with Crippen molar-refractivity contribution in [2.75, 3.05) is 19.8 Å². The third-order valence-electron chi connectivity index (χ3n) is 4.52. The van der Waals surface area contributed by atoms with Gasteiger partial charge < -0.3 is 20.5 Å². The topological polar surface area (TPSA) is 75.8 Å². The van der Waals surface area contributed by atoms with Crippen LogP contribution in [0.15, 0.2) is 0 Å². The molecule has 1 saturated carbocycles. The summed E-state index contributed by atoms with van der Waals surface area (Å²) in [7, 11) is 0. The van der Waals surface area contributed by atoms with E-state index in [1.165, 1.54) is 0 Å². The maximum atomic E-state index is 12.7. The number of rotatable bonds is 2. The van der Waals surface area contributed by atoms with Gasteiger partial charge in [0.05, 0.1) is 25.4 Å². The molecule has 0 aromatic heterocycles. The van der Waals surface area contributed by atoms with Crippen LogP contribution in [0.1, 0.15) is 33.1 Å². The van der Waals surface area contributed by atoms with E-state index in [0.717, 1.165) is 19.3 Å². The Morgan fingerprint density at radius 2 is 2.16 bits per heavy atom. The normalized spacial score (nSPS) is 40.2. The maximum absolute atomic E-state index is 12.7.